The first kappa shape index (κ1) is 20.0. The Bertz CT molecular complexity index is 904. The molecule has 0 bridgehead atoms. The smallest absolute Gasteiger partial charge is 0.321 e. The number of nitrogens with one attached hydrogen (secondary N) is 1. The summed E-state index contributed by atoms with van der Waals surface area (Å²) in [5, 5.41) is 2.93. The molecular weight excluding hydrogens is 384 g/mol. The summed E-state index contributed by atoms with van der Waals surface area (Å²) in [6.45, 7) is 3.20. The molecule has 0 unspecified atom stereocenters. The second-order valence-corrected chi connectivity index (χ2v) is 7.66. The Labute approximate surface area is 175 Å². The Balaban J connectivity index is 1.30. The van der Waals surface area contributed by atoms with Gasteiger partial charge in [0.25, 0.3) is 5.91 Å². The van der Waals surface area contributed by atoms with Gasteiger partial charge in [-0.3, -0.25) is 9.59 Å². The molecule has 2 saturated heterocycles. The first-order valence-electron chi connectivity index (χ1n) is 10.4. The Morgan fingerprint density at radius 1 is 0.967 bits per heavy atom. The lowest BCUT2D eigenvalue weighted by Crippen LogP contribution is -2.51. The van der Waals surface area contributed by atoms with Crippen LogP contribution in [0.25, 0.3) is 0 Å². The van der Waals surface area contributed by atoms with Crippen molar-refractivity contribution in [1.29, 1.82) is 0 Å². The quantitative estimate of drug-likeness (QED) is 0.840. The lowest BCUT2D eigenvalue weighted by atomic mass is 10.1. The van der Waals surface area contributed by atoms with E-state index in [0.717, 1.165) is 24.9 Å². The summed E-state index contributed by atoms with van der Waals surface area (Å²) in [7, 11) is 0. The van der Waals surface area contributed by atoms with Gasteiger partial charge in [-0.1, -0.05) is 12.1 Å². The predicted octanol–water partition coefficient (Wildman–Crippen LogP) is 2.78. The molecule has 8 nitrogen and oxygen atoms in total. The van der Waals surface area contributed by atoms with Crippen molar-refractivity contribution in [3.63, 3.8) is 0 Å². The van der Waals surface area contributed by atoms with Crippen LogP contribution < -0.4 is 5.32 Å². The highest BCUT2D eigenvalue weighted by Gasteiger charge is 2.26. The SMILES string of the molecule is O=C1CCCCN1Cc1cccc(NC(=O)N2CCN(C(=O)c3ccco3)CC2)c1. The largest absolute Gasteiger partial charge is 0.459 e. The maximum Gasteiger partial charge on any atom is 0.321 e. The molecule has 1 N–H and O–H groups in total. The van der Waals surface area contributed by atoms with Crippen LogP contribution >= 0.6 is 0 Å². The van der Waals surface area contributed by atoms with E-state index in [9.17, 15) is 14.4 Å². The molecule has 0 radical (unpaired) electrons. The number of amides is 4. The van der Waals surface area contributed by atoms with Crippen molar-refractivity contribution in [2.45, 2.75) is 25.8 Å². The van der Waals surface area contributed by atoms with Crippen molar-refractivity contribution in [3.05, 3.63) is 54.0 Å². The van der Waals surface area contributed by atoms with Crippen molar-refractivity contribution >= 4 is 23.5 Å². The summed E-state index contributed by atoms with van der Waals surface area (Å²) in [5.74, 6) is 0.356. The normalized spacial score (nSPS) is 17.2. The van der Waals surface area contributed by atoms with Crippen molar-refractivity contribution in [2.24, 2.45) is 0 Å². The third-order valence-corrected chi connectivity index (χ3v) is 5.56. The molecule has 3 heterocycles. The van der Waals surface area contributed by atoms with E-state index in [1.807, 2.05) is 29.2 Å². The number of piperazine rings is 1. The Hall–Kier alpha value is -3.29. The third-order valence-electron chi connectivity index (χ3n) is 5.56. The fourth-order valence-corrected chi connectivity index (χ4v) is 3.87. The van der Waals surface area contributed by atoms with Crippen molar-refractivity contribution in [2.75, 3.05) is 38.0 Å². The highest BCUT2D eigenvalue weighted by Crippen LogP contribution is 2.18. The number of benzene rings is 1. The van der Waals surface area contributed by atoms with Crippen LogP contribution in [0.15, 0.2) is 47.1 Å². The number of furan rings is 1. The van der Waals surface area contributed by atoms with E-state index >= 15 is 0 Å². The van der Waals surface area contributed by atoms with Crippen LogP contribution in [0.5, 0.6) is 0 Å². The molecule has 8 heteroatoms. The molecule has 30 heavy (non-hydrogen) atoms. The van der Waals surface area contributed by atoms with E-state index in [2.05, 4.69) is 5.32 Å². The number of hydrogen-bond acceptors (Lipinski definition) is 4. The van der Waals surface area contributed by atoms with Gasteiger partial charge in [-0.05, 0) is 42.7 Å². The molecule has 158 valence electrons. The highest BCUT2D eigenvalue weighted by molar-refractivity contribution is 5.92. The van der Waals surface area contributed by atoms with Crippen LogP contribution in [0, 0.1) is 0 Å². The number of likely N-dealkylation sites (tertiary alicyclic amines) is 1. The van der Waals surface area contributed by atoms with Crippen LogP contribution in [0.4, 0.5) is 10.5 Å². The summed E-state index contributed by atoms with van der Waals surface area (Å²) < 4.78 is 5.17. The number of rotatable bonds is 4. The molecule has 4 rings (SSSR count). The number of nitrogens with zero attached hydrogens (tertiary/aromatic N) is 3. The molecule has 2 aromatic rings. The van der Waals surface area contributed by atoms with Gasteiger partial charge in [0.05, 0.1) is 6.26 Å². The fraction of sp³-hybridized carbons (Fsp3) is 0.409. The highest BCUT2D eigenvalue weighted by atomic mass is 16.3. The lowest BCUT2D eigenvalue weighted by molar-refractivity contribution is -0.133. The molecule has 4 amide bonds. The lowest BCUT2D eigenvalue weighted by Gasteiger charge is -2.34. The molecule has 1 aromatic carbocycles. The van der Waals surface area contributed by atoms with E-state index in [-0.39, 0.29) is 17.8 Å². The number of carbonyl (C=O) groups excluding carboxylic acids is 3. The molecule has 2 aliphatic heterocycles. The van der Waals surface area contributed by atoms with Crippen LogP contribution in [-0.2, 0) is 11.3 Å². The standard InChI is InChI=1S/C22H26N4O4/c27-20-8-1-2-9-26(20)16-17-5-3-6-18(15-17)23-22(29)25-12-10-24(11-13-25)21(28)19-7-4-14-30-19/h3-7,14-15H,1-2,8-13,16H2,(H,23,29). The monoisotopic (exact) mass is 410 g/mol. The minimum Gasteiger partial charge on any atom is -0.459 e. The summed E-state index contributed by atoms with van der Waals surface area (Å²) in [4.78, 5) is 42.3. The number of piperidine rings is 1. The van der Waals surface area contributed by atoms with Crippen LogP contribution in [0.2, 0.25) is 0 Å². The molecule has 0 aliphatic carbocycles. The number of urea groups is 1. The van der Waals surface area contributed by atoms with Crippen molar-refractivity contribution in [1.82, 2.24) is 14.7 Å². The molecule has 2 aliphatic rings. The number of hydrogen-bond donors (Lipinski definition) is 1. The first-order chi connectivity index (χ1) is 14.6. The fourth-order valence-electron chi connectivity index (χ4n) is 3.87. The van der Waals surface area contributed by atoms with E-state index in [4.69, 9.17) is 4.42 Å². The van der Waals surface area contributed by atoms with Crippen molar-refractivity contribution in [3.8, 4) is 0 Å². The van der Waals surface area contributed by atoms with Gasteiger partial charge in [0.1, 0.15) is 0 Å². The molecule has 0 saturated carbocycles. The molecule has 0 spiro atoms. The van der Waals surface area contributed by atoms with Gasteiger partial charge in [0, 0.05) is 51.4 Å². The van der Waals surface area contributed by atoms with E-state index in [1.54, 1.807) is 21.9 Å². The zero-order valence-electron chi connectivity index (χ0n) is 16.9. The topological polar surface area (TPSA) is 86.1 Å². The third kappa shape index (κ3) is 4.64. The van der Waals surface area contributed by atoms with Crippen LogP contribution in [-0.4, -0.2) is 65.3 Å². The van der Waals surface area contributed by atoms with Gasteiger partial charge in [0.15, 0.2) is 5.76 Å². The average Bonchev–Trinajstić information content (AvgIpc) is 3.30. The van der Waals surface area contributed by atoms with Gasteiger partial charge in [-0.2, -0.15) is 0 Å². The number of carbonyl (C=O) groups is 3. The van der Waals surface area contributed by atoms with E-state index < -0.39 is 0 Å². The molecule has 2 fully saturated rings. The summed E-state index contributed by atoms with van der Waals surface area (Å²) in [5.41, 5.74) is 1.70. The van der Waals surface area contributed by atoms with Crippen LogP contribution in [0.1, 0.15) is 35.4 Å². The maximum atomic E-state index is 12.7. The van der Waals surface area contributed by atoms with Crippen molar-refractivity contribution < 1.29 is 18.8 Å². The van der Waals surface area contributed by atoms with Gasteiger partial charge < -0.3 is 24.4 Å². The Morgan fingerprint density at radius 2 is 1.77 bits per heavy atom. The minimum atomic E-state index is -0.189. The van der Waals surface area contributed by atoms with Gasteiger partial charge >= 0.3 is 6.03 Å². The van der Waals surface area contributed by atoms with Gasteiger partial charge in [-0.15, -0.1) is 0 Å². The van der Waals surface area contributed by atoms with Gasteiger partial charge in [-0.25, -0.2) is 4.79 Å². The first-order valence-corrected chi connectivity index (χ1v) is 10.4. The maximum absolute atomic E-state index is 12.7. The average molecular weight is 410 g/mol. The summed E-state index contributed by atoms with van der Waals surface area (Å²) >= 11 is 0. The summed E-state index contributed by atoms with van der Waals surface area (Å²) in [6, 6.07) is 10.8. The Kier molecular flexibility index (Phi) is 6.02. The number of anilines is 1. The zero-order valence-corrected chi connectivity index (χ0v) is 16.9. The predicted molar refractivity (Wildman–Crippen MR) is 111 cm³/mol. The second-order valence-electron chi connectivity index (χ2n) is 7.66. The van der Waals surface area contributed by atoms with Crippen LogP contribution in [0.3, 0.4) is 0 Å². The second kappa shape index (κ2) is 9.02. The van der Waals surface area contributed by atoms with Gasteiger partial charge in [0.2, 0.25) is 5.91 Å². The summed E-state index contributed by atoms with van der Waals surface area (Å²) in [6.07, 6.45) is 4.10. The van der Waals surface area contributed by atoms with E-state index in [1.165, 1.54) is 6.26 Å². The van der Waals surface area contributed by atoms with E-state index in [0.29, 0.717) is 50.6 Å². The Morgan fingerprint density at radius 3 is 2.50 bits per heavy atom. The molecule has 1 aromatic heterocycles. The molecular formula is C22H26N4O4. The zero-order chi connectivity index (χ0) is 20.9. The molecule has 0 atom stereocenters. The minimum absolute atomic E-state index is 0.153.